The lowest BCUT2D eigenvalue weighted by Gasteiger charge is -2.10. The molecule has 8 heteroatoms. The first-order valence-electron chi connectivity index (χ1n) is 12.3. The molecule has 0 aliphatic rings. The van der Waals surface area contributed by atoms with Gasteiger partial charge in [-0.1, -0.05) is 54.6 Å². The molecular formula is C29H31N5O3. The normalized spacial score (nSPS) is 10.8. The summed E-state index contributed by atoms with van der Waals surface area (Å²) in [6.07, 6.45) is 3.12. The number of imidazole rings is 1. The van der Waals surface area contributed by atoms with Crippen molar-refractivity contribution in [1.29, 1.82) is 5.41 Å². The average Bonchev–Trinajstić information content (AvgIpc) is 3.29. The van der Waals surface area contributed by atoms with Crippen molar-refractivity contribution in [2.75, 3.05) is 13.7 Å². The zero-order chi connectivity index (χ0) is 26.2. The number of amides is 1. The Kier molecular flexibility index (Phi) is 8.30. The maximum Gasteiger partial charge on any atom is 0.307 e. The van der Waals surface area contributed by atoms with E-state index in [1.807, 2.05) is 36.4 Å². The van der Waals surface area contributed by atoms with Crippen LogP contribution in [0.1, 0.15) is 40.7 Å². The van der Waals surface area contributed by atoms with Crippen molar-refractivity contribution in [3.8, 4) is 11.4 Å². The Morgan fingerprint density at radius 3 is 2.43 bits per heavy atom. The van der Waals surface area contributed by atoms with Gasteiger partial charge in [-0.15, -0.1) is 0 Å². The third-order valence-electron chi connectivity index (χ3n) is 6.25. The Hall–Kier alpha value is -4.46. The molecule has 4 N–H and O–H groups in total. The van der Waals surface area contributed by atoms with Crippen molar-refractivity contribution in [2.45, 2.75) is 32.2 Å². The number of carbonyl (C=O) groups excluding carboxylic acids is 2. The van der Waals surface area contributed by atoms with Gasteiger partial charge < -0.3 is 20.4 Å². The van der Waals surface area contributed by atoms with Gasteiger partial charge in [-0.2, -0.15) is 0 Å². The molecule has 4 rings (SSSR count). The lowest BCUT2D eigenvalue weighted by molar-refractivity contribution is -0.140. The molecule has 0 spiro atoms. The van der Waals surface area contributed by atoms with E-state index < -0.39 is 0 Å². The minimum Gasteiger partial charge on any atom is -0.469 e. The summed E-state index contributed by atoms with van der Waals surface area (Å²) in [7, 11) is 1.32. The van der Waals surface area contributed by atoms with E-state index in [2.05, 4.69) is 38.9 Å². The quantitative estimate of drug-likeness (QED) is 0.123. The molecule has 0 aliphatic carbocycles. The molecule has 190 valence electrons. The largest absolute Gasteiger partial charge is 0.469 e. The lowest BCUT2D eigenvalue weighted by Crippen LogP contribution is -2.26. The Balaban J connectivity index is 1.58. The van der Waals surface area contributed by atoms with E-state index in [4.69, 9.17) is 16.1 Å². The first kappa shape index (κ1) is 25.6. The summed E-state index contributed by atoms with van der Waals surface area (Å²) < 4.78 is 6.80. The molecule has 0 saturated heterocycles. The van der Waals surface area contributed by atoms with Crippen LogP contribution in [0.5, 0.6) is 0 Å². The monoisotopic (exact) mass is 497 g/mol. The zero-order valence-corrected chi connectivity index (χ0v) is 20.9. The summed E-state index contributed by atoms with van der Waals surface area (Å²) >= 11 is 0. The van der Waals surface area contributed by atoms with E-state index in [0.29, 0.717) is 16.6 Å². The molecule has 1 heterocycles. The first-order valence-corrected chi connectivity index (χ1v) is 12.3. The number of amidine groups is 1. The minimum absolute atomic E-state index is 0.0174. The number of unbranched alkanes of at least 4 members (excludes halogenated alkanes) is 1. The van der Waals surface area contributed by atoms with E-state index in [-0.39, 0.29) is 30.7 Å². The highest BCUT2D eigenvalue weighted by Gasteiger charge is 2.15. The van der Waals surface area contributed by atoms with Crippen LogP contribution in [0, 0.1) is 5.41 Å². The van der Waals surface area contributed by atoms with Crippen LogP contribution in [-0.4, -0.2) is 40.9 Å². The summed E-state index contributed by atoms with van der Waals surface area (Å²) in [5.41, 5.74) is 10.6. The van der Waals surface area contributed by atoms with Crippen LogP contribution < -0.4 is 11.1 Å². The molecular weight excluding hydrogens is 466 g/mol. The molecule has 1 amide bonds. The highest BCUT2D eigenvalue weighted by atomic mass is 16.5. The van der Waals surface area contributed by atoms with Gasteiger partial charge in [0.15, 0.2) is 0 Å². The molecule has 8 nitrogen and oxygen atoms in total. The van der Waals surface area contributed by atoms with Gasteiger partial charge in [-0.3, -0.25) is 15.0 Å². The molecule has 0 bridgehead atoms. The van der Waals surface area contributed by atoms with Crippen molar-refractivity contribution < 1.29 is 14.3 Å². The van der Waals surface area contributed by atoms with Gasteiger partial charge in [0.05, 0.1) is 24.6 Å². The highest BCUT2D eigenvalue weighted by Crippen LogP contribution is 2.27. The summed E-state index contributed by atoms with van der Waals surface area (Å²) in [6, 6.07) is 23.4. The highest BCUT2D eigenvalue weighted by molar-refractivity contribution is 5.98. The summed E-state index contributed by atoms with van der Waals surface area (Å²) in [6.45, 7) is 0.977. The zero-order valence-electron chi connectivity index (χ0n) is 20.9. The number of rotatable bonds is 11. The van der Waals surface area contributed by atoms with Crippen LogP contribution in [0.4, 0.5) is 0 Å². The Morgan fingerprint density at radius 2 is 1.73 bits per heavy atom. The molecule has 0 fully saturated rings. The molecule has 3 aromatic carbocycles. The Labute approximate surface area is 216 Å². The molecule has 37 heavy (non-hydrogen) atoms. The number of hydrogen-bond acceptors (Lipinski definition) is 5. The van der Waals surface area contributed by atoms with E-state index in [1.54, 1.807) is 12.1 Å². The molecule has 0 atom stereocenters. The minimum atomic E-state index is -0.373. The number of nitrogens with two attached hydrogens (primary N) is 1. The van der Waals surface area contributed by atoms with E-state index in [0.717, 1.165) is 42.7 Å². The SMILES string of the molecule is COC(=O)CCNC(=O)c1ccc2c(c1)nc(-c1ccc(C(=N)N)cc1)n2CCCCc1ccccc1. The van der Waals surface area contributed by atoms with Crippen molar-refractivity contribution in [1.82, 2.24) is 14.9 Å². The third-order valence-corrected chi connectivity index (χ3v) is 6.25. The van der Waals surface area contributed by atoms with Crippen molar-refractivity contribution >= 4 is 28.7 Å². The van der Waals surface area contributed by atoms with Crippen LogP contribution in [0.25, 0.3) is 22.4 Å². The van der Waals surface area contributed by atoms with Crippen molar-refractivity contribution in [2.24, 2.45) is 5.73 Å². The number of nitrogens with one attached hydrogen (secondary N) is 2. The summed E-state index contributed by atoms with van der Waals surface area (Å²) in [4.78, 5) is 28.8. The van der Waals surface area contributed by atoms with Crippen LogP contribution in [0.3, 0.4) is 0 Å². The second-order valence-corrected chi connectivity index (χ2v) is 8.81. The van der Waals surface area contributed by atoms with E-state index >= 15 is 0 Å². The standard InChI is InChI=1S/C29H31N5O3/c1-37-26(35)16-17-32-29(36)23-14-15-25-24(19-23)33-28(22-12-10-21(11-13-22)27(30)31)34(25)18-6-5-9-20-7-3-2-4-8-20/h2-4,7-8,10-15,19H,5-6,9,16-18H2,1H3,(H3,30,31)(H,32,36). The maximum absolute atomic E-state index is 12.6. The number of hydrogen-bond donors (Lipinski definition) is 3. The van der Waals surface area contributed by atoms with Gasteiger partial charge in [0, 0.05) is 29.8 Å². The lowest BCUT2D eigenvalue weighted by atomic mass is 10.1. The number of carbonyl (C=O) groups is 2. The molecule has 0 unspecified atom stereocenters. The molecule has 0 radical (unpaired) electrons. The van der Waals surface area contributed by atoms with E-state index in [1.165, 1.54) is 12.7 Å². The van der Waals surface area contributed by atoms with Crippen LogP contribution >= 0.6 is 0 Å². The smallest absolute Gasteiger partial charge is 0.307 e. The topological polar surface area (TPSA) is 123 Å². The number of esters is 1. The number of nitrogens with zero attached hydrogens (tertiary/aromatic N) is 2. The van der Waals surface area contributed by atoms with Crippen LogP contribution in [0.15, 0.2) is 72.8 Å². The van der Waals surface area contributed by atoms with Crippen molar-refractivity contribution in [3.05, 3.63) is 89.5 Å². The van der Waals surface area contributed by atoms with Gasteiger partial charge in [0.25, 0.3) is 5.91 Å². The number of benzene rings is 3. The fourth-order valence-electron chi connectivity index (χ4n) is 4.24. The maximum atomic E-state index is 12.6. The number of fused-ring (bicyclic) bond motifs is 1. The second kappa shape index (κ2) is 12.0. The van der Waals surface area contributed by atoms with E-state index in [9.17, 15) is 9.59 Å². The molecule has 1 aromatic heterocycles. The number of nitrogen functional groups attached to an aromatic ring is 1. The fraction of sp³-hybridized carbons (Fsp3) is 0.241. The average molecular weight is 498 g/mol. The molecule has 4 aromatic rings. The van der Waals surface area contributed by atoms with Gasteiger partial charge in [0.1, 0.15) is 11.7 Å². The number of aryl methyl sites for hydroxylation is 2. The second-order valence-electron chi connectivity index (χ2n) is 8.81. The van der Waals surface area contributed by atoms with Crippen molar-refractivity contribution in [3.63, 3.8) is 0 Å². The molecule has 0 saturated carbocycles. The van der Waals surface area contributed by atoms with Gasteiger partial charge in [0.2, 0.25) is 0 Å². The Bertz CT molecular complexity index is 1390. The van der Waals surface area contributed by atoms with Crippen LogP contribution in [-0.2, 0) is 22.5 Å². The predicted molar refractivity (Wildman–Crippen MR) is 145 cm³/mol. The fourth-order valence-corrected chi connectivity index (χ4v) is 4.24. The van der Waals surface area contributed by atoms with Gasteiger partial charge >= 0.3 is 5.97 Å². The number of ether oxygens (including phenoxy) is 1. The molecule has 0 aliphatic heterocycles. The number of methoxy groups -OCH3 is 1. The van der Waals surface area contributed by atoms with Gasteiger partial charge in [-0.05, 0) is 43.0 Å². The summed E-state index contributed by atoms with van der Waals surface area (Å²) in [5, 5.41) is 10.4. The number of aromatic nitrogens is 2. The van der Waals surface area contributed by atoms with Gasteiger partial charge in [-0.25, -0.2) is 4.98 Å². The Morgan fingerprint density at radius 1 is 1.00 bits per heavy atom. The predicted octanol–water partition coefficient (Wildman–Crippen LogP) is 4.30. The first-order chi connectivity index (χ1) is 18.0. The summed E-state index contributed by atoms with van der Waals surface area (Å²) in [5.74, 6) is 0.176. The van der Waals surface area contributed by atoms with Crippen LogP contribution in [0.2, 0.25) is 0 Å². The third kappa shape index (κ3) is 6.41.